The van der Waals surface area contributed by atoms with Crippen LogP contribution in [0.3, 0.4) is 0 Å². The predicted octanol–water partition coefficient (Wildman–Crippen LogP) is 4.09. The summed E-state index contributed by atoms with van der Waals surface area (Å²) in [6.07, 6.45) is 0. The predicted molar refractivity (Wildman–Crippen MR) is 98.5 cm³/mol. The number of carbonyl (C=O) groups excluding carboxylic acids is 1. The molecule has 5 heteroatoms. The monoisotopic (exact) mass is 326 g/mol. The van der Waals surface area contributed by atoms with Crippen molar-refractivity contribution in [2.24, 2.45) is 5.92 Å². The lowest BCUT2D eigenvalue weighted by molar-refractivity contribution is 0.102. The van der Waals surface area contributed by atoms with Crippen LogP contribution in [0, 0.1) is 5.92 Å². The Bertz CT molecular complexity index is 670. The zero-order chi connectivity index (χ0) is 17.7. The van der Waals surface area contributed by atoms with Crippen LogP contribution in [0.15, 0.2) is 36.4 Å². The minimum Gasteiger partial charge on any atom is -0.368 e. The molecule has 0 bridgehead atoms. The first kappa shape index (κ1) is 17.9. The molecule has 5 nitrogen and oxygen atoms in total. The van der Waals surface area contributed by atoms with Gasteiger partial charge >= 0.3 is 0 Å². The molecule has 1 heterocycles. The highest BCUT2D eigenvalue weighted by Crippen LogP contribution is 2.23. The lowest BCUT2D eigenvalue weighted by Gasteiger charge is -2.19. The Morgan fingerprint density at radius 1 is 1.04 bits per heavy atom. The van der Waals surface area contributed by atoms with Gasteiger partial charge in [-0.15, -0.1) is 10.2 Å². The first-order valence-corrected chi connectivity index (χ1v) is 8.25. The molecule has 2 N–H and O–H groups in total. The number of carbonyl (C=O) groups is 1. The van der Waals surface area contributed by atoms with Gasteiger partial charge in [0.2, 0.25) is 0 Å². The van der Waals surface area contributed by atoms with Gasteiger partial charge in [0.25, 0.3) is 5.91 Å². The number of nitrogens with zero attached hydrogens (tertiary/aromatic N) is 2. The van der Waals surface area contributed by atoms with E-state index in [1.165, 1.54) is 5.56 Å². The number of hydrogen-bond acceptors (Lipinski definition) is 4. The van der Waals surface area contributed by atoms with Crippen molar-refractivity contribution in [2.45, 2.75) is 40.0 Å². The van der Waals surface area contributed by atoms with Crippen molar-refractivity contribution < 1.29 is 4.79 Å². The van der Waals surface area contributed by atoms with Crippen molar-refractivity contribution in [3.63, 3.8) is 0 Å². The van der Waals surface area contributed by atoms with E-state index in [9.17, 15) is 4.79 Å². The summed E-state index contributed by atoms with van der Waals surface area (Å²) in [5, 5.41) is 14.0. The fraction of sp³-hybridized carbons (Fsp3) is 0.421. The molecule has 0 atom stereocenters. The topological polar surface area (TPSA) is 66.9 Å². The standard InChI is InChI=1S/C19H26N4O/c1-13(2)12-20-17-11-10-16(22-23-17)18(24)21-15-8-6-14(7-9-15)19(3,4)5/h6-11,13H,12H2,1-5H3,(H,20,23)(H,21,24). The van der Waals surface area contributed by atoms with Crippen molar-refractivity contribution in [1.29, 1.82) is 0 Å². The summed E-state index contributed by atoms with van der Waals surface area (Å²) in [6.45, 7) is 11.5. The minimum absolute atomic E-state index is 0.0901. The summed E-state index contributed by atoms with van der Waals surface area (Å²) >= 11 is 0. The first-order chi connectivity index (χ1) is 11.3. The molecule has 0 saturated carbocycles. The zero-order valence-electron chi connectivity index (χ0n) is 15.1. The van der Waals surface area contributed by atoms with Crippen molar-refractivity contribution in [3.8, 4) is 0 Å². The molecule has 0 fully saturated rings. The first-order valence-electron chi connectivity index (χ1n) is 8.25. The molecular weight excluding hydrogens is 300 g/mol. The maximum Gasteiger partial charge on any atom is 0.276 e. The third-order valence-electron chi connectivity index (χ3n) is 3.60. The van der Waals surface area contributed by atoms with E-state index in [0.717, 1.165) is 12.2 Å². The smallest absolute Gasteiger partial charge is 0.276 e. The van der Waals surface area contributed by atoms with Gasteiger partial charge in [0.1, 0.15) is 5.82 Å². The molecule has 0 aliphatic carbocycles. The Balaban J connectivity index is 1.99. The van der Waals surface area contributed by atoms with Crippen LogP contribution in [0.25, 0.3) is 0 Å². The van der Waals surface area contributed by atoms with Gasteiger partial charge < -0.3 is 10.6 Å². The highest BCUT2D eigenvalue weighted by Gasteiger charge is 2.14. The maximum atomic E-state index is 12.2. The molecule has 0 spiro atoms. The van der Waals surface area contributed by atoms with Gasteiger partial charge in [0.05, 0.1) is 0 Å². The molecule has 1 amide bonds. The van der Waals surface area contributed by atoms with Crippen LogP contribution in [-0.4, -0.2) is 22.6 Å². The van der Waals surface area contributed by atoms with Crippen LogP contribution in [-0.2, 0) is 5.41 Å². The van der Waals surface area contributed by atoms with Gasteiger partial charge in [-0.2, -0.15) is 0 Å². The van der Waals surface area contributed by atoms with Gasteiger partial charge in [-0.1, -0.05) is 46.8 Å². The summed E-state index contributed by atoms with van der Waals surface area (Å²) in [7, 11) is 0. The van der Waals surface area contributed by atoms with Crippen molar-refractivity contribution in [2.75, 3.05) is 17.2 Å². The van der Waals surface area contributed by atoms with E-state index in [0.29, 0.717) is 17.4 Å². The van der Waals surface area contributed by atoms with Crippen LogP contribution in [0.2, 0.25) is 0 Å². The van der Waals surface area contributed by atoms with Gasteiger partial charge in [0, 0.05) is 12.2 Å². The van der Waals surface area contributed by atoms with E-state index < -0.39 is 0 Å². The summed E-state index contributed by atoms with van der Waals surface area (Å²) in [4.78, 5) is 12.2. The van der Waals surface area contributed by atoms with Crippen molar-refractivity contribution in [1.82, 2.24) is 10.2 Å². The Morgan fingerprint density at radius 3 is 2.21 bits per heavy atom. The fourth-order valence-corrected chi connectivity index (χ4v) is 2.11. The van der Waals surface area contributed by atoms with E-state index in [4.69, 9.17) is 0 Å². The van der Waals surface area contributed by atoms with Crippen molar-refractivity contribution in [3.05, 3.63) is 47.7 Å². The maximum absolute atomic E-state index is 12.2. The normalized spacial score (nSPS) is 11.4. The lowest BCUT2D eigenvalue weighted by atomic mass is 9.87. The highest BCUT2D eigenvalue weighted by atomic mass is 16.1. The van der Waals surface area contributed by atoms with Crippen LogP contribution in [0.4, 0.5) is 11.5 Å². The summed E-state index contributed by atoms with van der Waals surface area (Å²) in [5.74, 6) is 0.932. The second-order valence-electron chi connectivity index (χ2n) is 7.36. The molecule has 128 valence electrons. The Morgan fingerprint density at radius 2 is 1.71 bits per heavy atom. The number of amides is 1. The summed E-state index contributed by atoms with van der Waals surface area (Å²) in [6, 6.07) is 11.3. The third kappa shape index (κ3) is 5.05. The van der Waals surface area contributed by atoms with Crippen LogP contribution in [0.5, 0.6) is 0 Å². The van der Waals surface area contributed by atoms with Crippen LogP contribution < -0.4 is 10.6 Å². The molecule has 0 saturated heterocycles. The lowest BCUT2D eigenvalue weighted by Crippen LogP contribution is -2.16. The van der Waals surface area contributed by atoms with Gasteiger partial charge in [-0.25, -0.2) is 0 Å². The number of hydrogen-bond donors (Lipinski definition) is 2. The van der Waals surface area contributed by atoms with Gasteiger partial charge in [0.15, 0.2) is 5.69 Å². The second-order valence-corrected chi connectivity index (χ2v) is 7.36. The second kappa shape index (κ2) is 7.43. The van der Waals surface area contributed by atoms with E-state index in [-0.39, 0.29) is 11.3 Å². The zero-order valence-corrected chi connectivity index (χ0v) is 15.1. The average molecular weight is 326 g/mol. The molecule has 24 heavy (non-hydrogen) atoms. The number of aromatic nitrogens is 2. The van der Waals surface area contributed by atoms with E-state index in [2.05, 4.69) is 55.4 Å². The largest absolute Gasteiger partial charge is 0.368 e. The molecule has 0 aliphatic rings. The van der Waals surface area contributed by atoms with Gasteiger partial charge in [-0.05, 0) is 41.2 Å². The van der Waals surface area contributed by atoms with E-state index in [1.54, 1.807) is 12.1 Å². The van der Waals surface area contributed by atoms with Gasteiger partial charge in [-0.3, -0.25) is 4.79 Å². The number of rotatable bonds is 5. The molecule has 0 radical (unpaired) electrons. The minimum atomic E-state index is -0.263. The molecule has 1 aromatic heterocycles. The quantitative estimate of drug-likeness (QED) is 0.868. The van der Waals surface area contributed by atoms with E-state index >= 15 is 0 Å². The summed E-state index contributed by atoms with van der Waals surface area (Å²) in [5.41, 5.74) is 2.36. The van der Waals surface area contributed by atoms with E-state index in [1.807, 2.05) is 24.3 Å². The van der Waals surface area contributed by atoms with Crippen molar-refractivity contribution >= 4 is 17.4 Å². The van der Waals surface area contributed by atoms with Crippen LogP contribution >= 0.6 is 0 Å². The number of anilines is 2. The third-order valence-corrected chi connectivity index (χ3v) is 3.60. The molecule has 1 aromatic carbocycles. The molecular formula is C19H26N4O. The fourth-order valence-electron chi connectivity index (χ4n) is 2.11. The molecule has 0 aliphatic heterocycles. The Kier molecular flexibility index (Phi) is 5.54. The van der Waals surface area contributed by atoms with Crippen LogP contribution in [0.1, 0.15) is 50.7 Å². The SMILES string of the molecule is CC(C)CNc1ccc(C(=O)Nc2ccc(C(C)(C)C)cc2)nn1. The molecule has 2 rings (SSSR count). The highest BCUT2D eigenvalue weighted by molar-refractivity contribution is 6.02. The molecule has 2 aromatic rings. The number of nitrogens with one attached hydrogen (secondary N) is 2. The Labute approximate surface area is 143 Å². The Hall–Kier alpha value is -2.43. The molecule has 0 unspecified atom stereocenters. The number of benzene rings is 1. The summed E-state index contributed by atoms with van der Waals surface area (Å²) < 4.78 is 0. The average Bonchev–Trinajstić information content (AvgIpc) is 2.53.